The van der Waals surface area contributed by atoms with E-state index in [1.54, 1.807) is 54.6 Å². The van der Waals surface area contributed by atoms with Crippen molar-refractivity contribution in [3.8, 4) is 23.0 Å². The molecule has 1 saturated heterocycles. The normalized spacial score (nSPS) is 16.9. The molecule has 180 valence electrons. The minimum absolute atomic E-state index is 0.0808. The van der Waals surface area contributed by atoms with E-state index in [1.807, 2.05) is 6.92 Å². The molecule has 35 heavy (non-hydrogen) atoms. The maximum absolute atomic E-state index is 13.3. The number of hydrogen-bond donors (Lipinski definition) is 2. The molecule has 3 aromatic carbocycles. The molecular formula is C27H25NO7. The Hall–Kier alpha value is -4.46. The Labute approximate surface area is 202 Å². The summed E-state index contributed by atoms with van der Waals surface area (Å²) in [6, 6.07) is 16.8. The van der Waals surface area contributed by atoms with Crippen molar-refractivity contribution in [2.24, 2.45) is 0 Å². The maximum atomic E-state index is 13.3. The number of amides is 1. The van der Waals surface area contributed by atoms with Gasteiger partial charge in [-0.05, 0) is 73.2 Å². The number of rotatable bonds is 7. The van der Waals surface area contributed by atoms with Gasteiger partial charge in [0.1, 0.15) is 17.3 Å². The molecule has 3 aromatic rings. The summed E-state index contributed by atoms with van der Waals surface area (Å²) in [6.45, 7) is 2.35. The van der Waals surface area contributed by atoms with Gasteiger partial charge in [0.25, 0.3) is 11.7 Å². The third-order valence-corrected chi connectivity index (χ3v) is 5.75. The topological polar surface area (TPSA) is 106 Å². The number of Topliss-reactive ketones (excluding diaryl/α,β-unsaturated/α-hetero) is 1. The third-order valence-electron chi connectivity index (χ3n) is 5.75. The van der Waals surface area contributed by atoms with E-state index < -0.39 is 17.7 Å². The second kappa shape index (κ2) is 9.80. The lowest BCUT2D eigenvalue weighted by Crippen LogP contribution is -2.29. The highest BCUT2D eigenvalue weighted by molar-refractivity contribution is 6.51. The number of ether oxygens (including phenoxy) is 3. The number of methoxy groups -OCH3 is 2. The number of anilines is 1. The lowest BCUT2D eigenvalue weighted by Gasteiger charge is -2.26. The van der Waals surface area contributed by atoms with Gasteiger partial charge >= 0.3 is 0 Å². The van der Waals surface area contributed by atoms with E-state index in [0.29, 0.717) is 34.9 Å². The number of nitrogens with zero attached hydrogens (tertiary/aromatic N) is 1. The standard InChI is InChI=1S/C27H25NO7/c1-4-35-20-10-5-16(6-11-20)25(30)23-24(17-7-14-21(29)22(15-17)34-3)28(27(32)26(23)31)18-8-12-19(33-2)13-9-18/h5-15,24,29-30H,4H2,1-3H3/t24-/m1/s1. The van der Waals surface area contributed by atoms with Crippen LogP contribution in [0.15, 0.2) is 72.3 Å². The van der Waals surface area contributed by atoms with E-state index in [0.717, 1.165) is 0 Å². The van der Waals surface area contributed by atoms with Gasteiger partial charge in [-0.15, -0.1) is 0 Å². The van der Waals surface area contributed by atoms with Crippen molar-refractivity contribution < 1.29 is 34.0 Å². The first-order valence-corrected chi connectivity index (χ1v) is 10.9. The monoisotopic (exact) mass is 475 g/mol. The first-order valence-electron chi connectivity index (χ1n) is 10.9. The summed E-state index contributed by atoms with van der Waals surface area (Å²) in [6.07, 6.45) is 0. The van der Waals surface area contributed by atoms with Crippen LogP contribution >= 0.6 is 0 Å². The second-order valence-corrected chi connectivity index (χ2v) is 7.76. The molecule has 2 N–H and O–H groups in total. The molecule has 0 bridgehead atoms. The molecule has 0 saturated carbocycles. The smallest absolute Gasteiger partial charge is 0.300 e. The SMILES string of the molecule is CCOc1ccc(C(O)=C2C(=O)C(=O)N(c3ccc(OC)cc3)[C@@H]2c2ccc(O)c(OC)c2)cc1. The first-order chi connectivity index (χ1) is 16.9. The predicted octanol–water partition coefficient (Wildman–Crippen LogP) is 4.43. The van der Waals surface area contributed by atoms with Gasteiger partial charge < -0.3 is 24.4 Å². The van der Waals surface area contributed by atoms with E-state index in [-0.39, 0.29) is 22.8 Å². The van der Waals surface area contributed by atoms with Gasteiger partial charge in [-0.3, -0.25) is 14.5 Å². The quantitative estimate of drug-likeness (QED) is 0.296. The number of carbonyl (C=O) groups is 2. The number of aromatic hydroxyl groups is 1. The summed E-state index contributed by atoms with van der Waals surface area (Å²) in [4.78, 5) is 27.8. The van der Waals surface area contributed by atoms with Crippen LogP contribution in [0, 0.1) is 0 Å². The number of aliphatic hydroxyl groups excluding tert-OH is 1. The molecule has 1 aliphatic heterocycles. The van der Waals surface area contributed by atoms with Crippen molar-refractivity contribution in [2.75, 3.05) is 25.7 Å². The summed E-state index contributed by atoms with van der Waals surface area (Å²) < 4.78 is 15.9. The predicted molar refractivity (Wildman–Crippen MR) is 130 cm³/mol. The molecular weight excluding hydrogens is 450 g/mol. The van der Waals surface area contributed by atoms with Crippen molar-refractivity contribution >= 4 is 23.1 Å². The summed E-state index contributed by atoms with van der Waals surface area (Å²) in [7, 11) is 2.93. The van der Waals surface area contributed by atoms with Crippen LogP contribution in [0.2, 0.25) is 0 Å². The summed E-state index contributed by atoms with van der Waals surface area (Å²) in [5.74, 6) is -0.665. The van der Waals surface area contributed by atoms with Crippen LogP contribution < -0.4 is 19.1 Å². The van der Waals surface area contributed by atoms with Crippen molar-refractivity contribution in [1.82, 2.24) is 0 Å². The molecule has 1 amide bonds. The van der Waals surface area contributed by atoms with E-state index in [2.05, 4.69) is 0 Å². The van der Waals surface area contributed by atoms with E-state index in [1.165, 1.54) is 31.3 Å². The van der Waals surface area contributed by atoms with Crippen LogP contribution in [0.4, 0.5) is 5.69 Å². The Bertz CT molecular complexity index is 1280. The van der Waals surface area contributed by atoms with Gasteiger partial charge in [0.2, 0.25) is 0 Å². The van der Waals surface area contributed by atoms with Crippen LogP contribution in [0.5, 0.6) is 23.0 Å². The number of phenolic OH excluding ortho intramolecular Hbond substituents is 1. The van der Waals surface area contributed by atoms with Crippen LogP contribution in [-0.4, -0.2) is 42.7 Å². The van der Waals surface area contributed by atoms with Crippen LogP contribution in [-0.2, 0) is 9.59 Å². The lowest BCUT2D eigenvalue weighted by molar-refractivity contribution is -0.132. The minimum atomic E-state index is -0.968. The molecule has 0 aromatic heterocycles. The van der Waals surface area contributed by atoms with Gasteiger partial charge in [0.15, 0.2) is 11.5 Å². The van der Waals surface area contributed by atoms with Crippen molar-refractivity contribution in [1.29, 1.82) is 0 Å². The fraction of sp³-hybridized carbons (Fsp3) is 0.185. The average molecular weight is 475 g/mol. The van der Waals surface area contributed by atoms with Crippen LogP contribution in [0.25, 0.3) is 5.76 Å². The summed E-state index contributed by atoms with van der Waals surface area (Å²) in [5.41, 5.74) is 1.19. The Morgan fingerprint density at radius 2 is 1.57 bits per heavy atom. The van der Waals surface area contributed by atoms with Gasteiger partial charge in [-0.25, -0.2) is 0 Å². The lowest BCUT2D eigenvalue weighted by atomic mass is 9.94. The largest absolute Gasteiger partial charge is 0.507 e. The van der Waals surface area contributed by atoms with Crippen molar-refractivity contribution in [3.05, 3.63) is 83.4 Å². The molecule has 4 rings (SSSR count). The van der Waals surface area contributed by atoms with E-state index >= 15 is 0 Å². The Morgan fingerprint density at radius 3 is 2.17 bits per heavy atom. The van der Waals surface area contributed by atoms with Crippen LogP contribution in [0.1, 0.15) is 24.1 Å². The number of benzene rings is 3. The Morgan fingerprint density at radius 1 is 0.914 bits per heavy atom. The zero-order valence-electron chi connectivity index (χ0n) is 19.5. The summed E-state index contributed by atoms with van der Waals surface area (Å²) >= 11 is 0. The third kappa shape index (κ3) is 4.38. The number of aliphatic hydroxyl groups is 1. The molecule has 0 spiro atoms. The van der Waals surface area contributed by atoms with Crippen LogP contribution in [0.3, 0.4) is 0 Å². The first kappa shape index (κ1) is 23.7. The Kier molecular flexibility index (Phi) is 6.64. The number of carbonyl (C=O) groups excluding carboxylic acids is 2. The highest BCUT2D eigenvalue weighted by atomic mass is 16.5. The fourth-order valence-corrected chi connectivity index (χ4v) is 4.05. The van der Waals surface area contributed by atoms with Crippen molar-refractivity contribution in [2.45, 2.75) is 13.0 Å². The number of phenols is 1. The summed E-state index contributed by atoms with van der Waals surface area (Å²) in [5, 5.41) is 21.3. The number of hydrogen-bond acceptors (Lipinski definition) is 7. The minimum Gasteiger partial charge on any atom is -0.507 e. The second-order valence-electron chi connectivity index (χ2n) is 7.76. The fourth-order valence-electron chi connectivity index (χ4n) is 4.05. The zero-order valence-corrected chi connectivity index (χ0v) is 19.5. The maximum Gasteiger partial charge on any atom is 0.300 e. The average Bonchev–Trinajstić information content (AvgIpc) is 3.15. The molecule has 8 nitrogen and oxygen atoms in total. The van der Waals surface area contributed by atoms with Gasteiger partial charge in [0.05, 0.1) is 32.4 Å². The van der Waals surface area contributed by atoms with E-state index in [4.69, 9.17) is 14.2 Å². The van der Waals surface area contributed by atoms with Gasteiger partial charge in [-0.2, -0.15) is 0 Å². The molecule has 0 aliphatic carbocycles. The molecule has 0 radical (unpaired) electrons. The molecule has 1 heterocycles. The highest BCUT2D eigenvalue weighted by Gasteiger charge is 2.47. The number of ketones is 1. The molecule has 1 atom stereocenters. The molecule has 8 heteroatoms. The molecule has 0 unspecified atom stereocenters. The molecule has 1 fully saturated rings. The molecule has 1 aliphatic rings. The van der Waals surface area contributed by atoms with Gasteiger partial charge in [0, 0.05) is 11.3 Å². The Balaban J connectivity index is 1.90. The van der Waals surface area contributed by atoms with E-state index in [9.17, 15) is 19.8 Å². The zero-order chi connectivity index (χ0) is 25.1. The van der Waals surface area contributed by atoms with Crippen molar-refractivity contribution in [3.63, 3.8) is 0 Å². The van der Waals surface area contributed by atoms with Gasteiger partial charge in [-0.1, -0.05) is 6.07 Å². The highest BCUT2D eigenvalue weighted by Crippen LogP contribution is 2.44.